The number of halogens is 1. The van der Waals surface area contributed by atoms with Crippen LogP contribution in [0.3, 0.4) is 0 Å². The molecule has 5 nitrogen and oxygen atoms in total. The Kier molecular flexibility index (Phi) is 4.92. The zero-order valence-corrected chi connectivity index (χ0v) is 14.5. The predicted octanol–water partition coefficient (Wildman–Crippen LogP) is 3.04. The van der Waals surface area contributed by atoms with Crippen molar-refractivity contribution in [3.05, 3.63) is 41.7 Å². The highest BCUT2D eigenvalue weighted by Gasteiger charge is 2.33. The fraction of sp³-hybridized carbons (Fsp3) is 0.444. The van der Waals surface area contributed by atoms with Gasteiger partial charge in [0.2, 0.25) is 0 Å². The van der Waals surface area contributed by atoms with Gasteiger partial charge in [-0.25, -0.2) is 0 Å². The van der Waals surface area contributed by atoms with E-state index in [1.807, 2.05) is 42.2 Å². The second-order valence-electron chi connectivity index (χ2n) is 6.51. The van der Waals surface area contributed by atoms with Crippen molar-refractivity contribution >= 4 is 18.3 Å². The van der Waals surface area contributed by atoms with Gasteiger partial charge in [0.15, 0.2) is 0 Å². The Morgan fingerprint density at radius 1 is 1.21 bits per heavy atom. The number of hydrogen-bond acceptors (Lipinski definition) is 4. The van der Waals surface area contributed by atoms with E-state index in [4.69, 9.17) is 4.52 Å². The first kappa shape index (κ1) is 17.0. The van der Waals surface area contributed by atoms with Crippen molar-refractivity contribution in [2.75, 3.05) is 13.1 Å². The lowest BCUT2D eigenvalue weighted by atomic mass is 10.0. The topological polar surface area (TPSA) is 58.4 Å². The number of nitrogens with one attached hydrogen (secondary N) is 1. The minimum atomic E-state index is 0. The zero-order valence-electron chi connectivity index (χ0n) is 13.7. The number of likely N-dealkylation sites (tertiary alicyclic amines) is 1. The van der Waals surface area contributed by atoms with Crippen molar-refractivity contribution in [3.63, 3.8) is 0 Å². The van der Waals surface area contributed by atoms with E-state index in [-0.39, 0.29) is 18.3 Å². The molecule has 2 aliphatic rings. The summed E-state index contributed by atoms with van der Waals surface area (Å²) >= 11 is 0. The Morgan fingerprint density at radius 3 is 2.75 bits per heavy atom. The van der Waals surface area contributed by atoms with Gasteiger partial charge in [0, 0.05) is 30.7 Å². The average Bonchev–Trinajstić information content (AvgIpc) is 3.10. The first-order chi connectivity index (χ1) is 11.2. The van der Waals surface area contributed by atoms with Crippen LogP contribution in [0.4, 0.5) is 0 Å². The number of carbonyl (C=O) groups is 1. The van der Waals surface area contributed by atoms with Gasteiger partial charge in [-0.3, -0.25) is 4.79 Å². The van der Waals surface area contributed by atoms with Crippen LogP contribution in [0.2, 0.25) is 0 Å². The third-order valence-corrected chi connectivity index (χ3v) is 4.93. The molecule has 24 heavy (non-hydrogen) atoms. The fourth-order valence-corrected chi connectivity index (χ4v) is 3.70. The normalized spacial score (nSPS) is 22.8. The molecule has 4 rings (SSSR count). The highest BCUT2D eigenvalue weighted by atomic mass is 35.5. The molecule has 2 saturated heterocycles. The summed E-state index contributed by atoms with van der Waals surface area (Å²) in [6.45, 7) is 3.38. The maximum atomic E-state index is 13.1. The Labute approximate surface area is 147 Å². The molecule has 2 bridgehead atoms. The van der Waals surface area contributed by atoms with E-state index < -0.39 is 0 Å². The van der Waals surface area contributed by atoms with Crippen LogP contribution in [-0.2, 0) is 0 Å². The second-order valence-corrected chi connectivity index (χ2v) is 6.51. The average molecular weight is 348 g/mol. The molecule has 2 atom stereocenters. The van der Waals surface area contributed by atoms with Crippen LogP contribution in [0.5, 0.6) is 0 Å². The van der Waals surface area contributed by atoms with Gasteiger partial charge in [0.05, 0.1) is 0 Å². The van der Waals surface area contributed by atoms with Crippen molar-refractivity contribution in [1.82, 2.24) is 15.4 Å². The molecule has 128 valence electrons. The van der Waals surface area contributed by atoms with Crippen LogP contribution < -0.4 is 5.32 Å². The van der Waals surface area contributed by atoms with Gasteiger partial charge >= 0.3 is 0 Å². The fourth-order valence-electron chi connectivity index (χ4n) is 3.70. The van der Waals surface area contributed by atoms with Gasteiger partial charge < -0.3 is 14.7 Å². The maximum Gasteiger partial charge on any atom is 0.259 e. The minimum absolute atomic E-state index is 0. The molecule has 2 unspecified atom stereocenters. The van der Waals surface area contributed by atoms with E-state index in [0.717, 1.165) is 31.5 Å². The minimum Gasteiger partial charge on any atom is -0.360 e. The number of aryl methyl sites for hydroxylation is 1. The Balaban J connectivity index is 0.00000169. The highest BCUT2D eigenvalue weighted by Crippen LogP contribution is 2.28. The van der Waals surface area contributed by atoms with E-state index in [9.17, 15) is 4.79 Å². The van der Waals surface area contributed by atoms with Crippen molar-refractivity contribution in [2.45, 2.75) is 38.3 Å². The summed E-state index contributed by atoms with van der Waals surface area (Å²) in [5, 5.41) is 7.75. The summed E-state index contributed by atoms with van der Waals surface area (Å²) in [6, 6.07) is 10.8. The smallest absolute Gasteiger partial charge is 0.259 e. The van der Waals surface area contributed by atoms with Gasteiger partial charge in [-0.15, -0.1) is 12.4 Å². The quantitative estimate of drug-likeness (QED) is 0.907. The van der Waals surface area contributed by atoms with Gasteiger partial charge in [0.1, 0.15) is 17.0 Å². The summed E-state index contributed by atoms with van der Waals surface area (Å²) in [6.07, 6.45) is 3.41. The number of rotatable bonds is 2. The molecule has 1 N–H and O–H groups in total. The van der Waals surface area contributed by atoms with Crippen LogP contribution >= 0.6 is 12.4 Å². The molecular weight excluding hydrogens is 326 g/mol. The first-order valence-corrected chi connectivity index (χ1v) is 8.29. The van der Waals surface area contributed by atoms with Gasteiger partial charge in [-0.2, -0.15) is 0 Å². The van der Waals surface area contributed by atoms with Gasteiger partial charge in [0.25, 0.3) is 5.91 Å². The van der Waals surface area contributed by atoms with E-state index >= 15 is 0 Å². The summed E-state index contributed by atoms with van der Waals surface area (Å²) in [7, 11) is 0. The third kappa shape index (κ3) is 3.06. The van der Waals surface area contributed by atoms with Crippen molar-refractivity contribution in [3.8, 4) is 11.3 Å². The molecule has 1 aromatic carbocycles. The predicted molar refractivity (Wildman–Crippen MR) is 94.4 cm³/mol. The SMILES string of the molecule is Cc1onc(-c2ccccc2)c1C(=O)N1CCC2CCC(C1)N2.Cl. The van der Waals surface area contributed by atoms with E-state index in [1.165, 1.54) is 6.42 Å². The summed E-state index contributed by atoms with van der Waals surface area (Å²) < 4.78 is 5.34. The van der Waals surface area contributed by atoms with Crippen LogP contribution in [0, 0.1) is 6.92 Å². The number of benzene rings is 1. The number of amides is 1. The molecule has 0 spiro atoms. The molecule has 2 aromatic rings. The number of hydrogen-bond donors (Lipinski definition) is 1. The molecule has 3 heterocycles. The molecule has 0 radical (unpaired) electrons. The Bertz CT molecular complexity index is 716. The number of aromatic nitrogens is 1. The standard InChI is InChI=1S/C18H21N3O2.ClH/c1-12-16(17(20-23-12)13-5-3-2-4-6-13)18(22)21-10-9-14-7-8-15(11-21)19-14;/h2-6,14-15,19H,7-11H2,1H3;1H. The van der Waals surface area contributed by atoms with Crippen LogP contribution in [0.15, 0.2) is 34.9 Å². The van der Waals surface area contributed by atoms with Crippen molar-refractivity contribution < 1.29 is 9.32 Å². The largest absolute Gasteiger partial charge is 0.360 e. The number of fused-ring (bicyclic) bond motifs is 2. The second kappa shape index (κ2) is 6.95. The molecular formula is C18H22ClN3O2. The lowest BCUT2D eigenvalue weighted by Crippen LogP contribution is -2.39. The maximum absolute atomic E-state index is 13.1. The van der Waals surface area contributed by atoms with Gasteiger partial charge in [-0.1, -0.05) is 35.5 Å². The number of carbonyl (C=O) groups excluding carboxylic acids is 1. The monoisotopic (exact) mass is 347 g/mol. The number of nitrogens with zero attached hydrogens (tertiary/aromatic N) is 2. The molecule has 1 aromatic heterocycles. The summed E-state index contributed by atoms with van der Waals surface area (Å²) in [5.74, 6) is 0.633. The van der Waals surface area contributed by atoms with E-state index in [1.54, 1.807) is 0 Å². The third-order valence-electron chi connectivity index (χ3n) is 4.93. The summed E-state index contributed by atoms with van der Waals surface area (Å²) in [4.78, 5) is 15.1. The molecule has 0 aliphatic carbocycles. The lowest BCUT2D eigenvalue weighted by Gasteiger charge is -2.24. The molecule has 2 fully saturated rings. The van der Waals surface area contributed by atoms with Crippen molar-refractivity contribution in [1.29, 1.82) is 0 Å². The molecule has 6 heteroatoms. The Morgan fingerprint density at radius 2 is 1.96 bits per heavy atom. The van der Waals surface area contributed by atoms with Crippen LogP contribution in [-0.4, -0.2) is 41.1 Å². The van der Waals surface area contributed by atoms with E-state index in [2.05, 4.69) is 10.5 Å². The molecule has 0 saturated carbocycles. The van der Waals surface area contributed by atoms with Gasteiger partial charge in [-0.05, 0) is 26.2 Å². The van der Waals surface area contributed by atoms with Crippen LogP contribution in [0.25, 0.3) is 11.3 Å². The van der Waals surface area contributed by atoms with E-state index in [0.29, 0.717) is 29.1 Å². The first-order valence-electron chi connectivity index (χ1n) is 8.29. The lowest BCUT2D eigenvalue weighted by molar-refractivity contribution is 0.0747. The Hall–Kier alpha value is -1.85. The summed E-state index contributed by atoms with van der Waals surface area (Å²) in [5.41, 5.74) is 2.17. The molecule has 1 amide bonds. The zero-order chi connectivity index (χ0) is 15.8. The molecule has 2 aliphatic heterocycles. The van der Waals surface area contributed by atoms with Crippen LogP contribution in [0.1, 0.15) is 35.4 Å². The highest BCUT2D eigenvalue weighted by molar-refractivity contribution is 6.00. The van der Waals surface area contributed by atoms with Crippen molar-refractivity contribution in [2.24, 2.45) is 0 Å².